The summed E-state index contributed by atoms with van der Waals surface area (Å²) < 4.78 is 33.5. The Morgan fingerprint density at radius 1 is 1.38 bits per heavy atom. The summed E-state index contributed by atoms with van der Waals surface area (Å²) in [4.78, 5) is 17.5. The van der Waals surface area contributed by atoms with Gasteiger partial charge in [-0.25, -0.2) is 13.4 Å². The third-order valence-electron chi connectivity index (χ3n) is 4.29. The topological polar surface area (TPSA) is 88.6 Å². The molecule has 1 atom stereocenters. The molecule has 1 fully saturated rings. The van der Waals surface area contributed by atoms with Crippen LogP contribution in [0.4, 0.5) is 5.13 Å². The number of aromatic nitrogens is 1. The van der Waals surface area contributed by atoms with E-state index in [9.17, 15) is 13.2 Å². The molecule has 1 amide bonds. The Bertz CT molecular complexity index is 934. The Morgan fingerprint density at radius 3 is 2.92 bits per heavy atom. The molecule has 7 nitrogen and oxygen atoms in total. The van der Waals surface area contributed by atoms with Gasteiger partial charge in [0.05, 0.1) is 16.0 Å². The Labute approximate surface area is 167 Å². The first-order chi connectivity index (χ1) is 12.4. The van der Waals surface area contributed by atoms with Gasteiger partial charge < -0.3 is 4.74 Å². The average Bonchev–Trinajstić information content (AvgIpc) is 3.34. The van der Waals surface area contributed by atoms with Gasteiger partial charge in [-0.2, -0.15) is 4.31 Å². The lowest BCUT2D eigenvalue weighted by Crippen LogP contribution is -2.35. The number of amides is 1. The first kappa shape index (κ1) is 18.5. The van der Waals surface area contributed by atoms with E-state index in [4.69, 9.17) is 4.74 Å². The molecule has 2 aromatic rings. The first-order valence-electron chi connectivity index (χ1n) is 8.10. The fraction of sp³-hybridized carbons (Fsp3) is 0.467. The van der Waals surface area contributed by atoms with Crippen LogP contribution in [-0.2, 0) is 32.5 Å². The van der Waals surface area contributed by atoms with Gasteiger partial charge >= 0.3 is 0 Å². The highest BCUT2D eigenvalue weighted by molar-refractivity contribution is 9.11. The van der Waals surface area contributed by atoms with Crippen LogP contribution in [0.3, 0.4) is 0 Å². The van der Waals surface area contributed by atoms with E-state index >= 15 is 0 Å². The van der Waals surface area contributed by atoms with E-state index in [1.54, 1.807) is 12.1 Å². The van der Waals surface area contributed by atoms with Gasteiger partial charge in [0.25, 0.3) is 15.9 Å². The standard InChI is InChI=1S/C15H16BrN3O4S3/c16-12-3-4-13(25-12)26(21,22)19-6-5-9-11(8-19)24-15(17-9)18-14(20)10-2-1-7-23-10/h3-4,10H,1-2,5-8H2,(H,17,18,20). The van der Waals surface area contributed by atoms with E-state index in [0.717, 1.165) is 27.2 Å². The zero-order valence-electron chi connectivity index (χ0n) is 13.6. The molecule has 2 aromatic heterocycles. The van der Waals surface area contributed by atoms with Crippen molar-refractivity contribution in [3.8, 4) is 0 Å². The van der Waals surface area contributed by atoms with Crippen LogP contribution in [0.25, 0.3) is 0 Å². The van der Waals surface area contributed by atoms with Crippen molar-refractivity contribution in [2.45, 2.75) is 36.1 Å². The number of ether oxygens (including phenoxy) is 1. The molecule has 0 radical (unpaired) electrons. The van der Waals surface area contributed by atoms with Crippen LogP contribution < -0.4 is 5.32 Å². The van der Waals surface area contributed by atoms with Crippen molar-refractivity contribution < 1.29 is 17.9 Å². The lowest BCUT2D eigenvalue weighted by atomic mass is 10.2. The maximum atomic E-state index is 12.8. The normalized spacial score (nSPS) is 20.9. The van der Waals surface area contributed by atoms with E-state index in [1.807, 2.05) is 0 Å². The third-order valence-corrected chi connectivity index (χ3v) is 9.23. The molecule has 0 aromatic carbocycles. The number of thiazole rings is 1. The molecular formula is C15H16BrN3O4S3. The van der Waals surface area contributed by atoms with E-state index < -0.39 is 16.1 Å². The lowest BCUT2D eigenvalue weighted by Gasteiger charge is -2.24. The summed E-state index contributed by atoms with van der Waals surface area (Å²) in [7, 11) is -3.52. The summed E-state index contributed by atoms with van der Waals surface area (Å²) >= 11 is 5.84. The number of halogens is 1. The number of anilines is 1. The second-order valence-corrected chi connectivity index (χ2v) is 11.7. The molecular weight excluding hydrogens is 462 g/mol. The van der Waals surface area contributed by atoms with Crippen LogP contribution in [0.1, 0.15) is 23.4 Å². The van der Waals surface area contributed by atoms with Crippen molar-refractivity contribution >= 4 is 59.7 Å². The smallest absolute Gasteiger partial charge is 0.255 e. The van der Waals surface area contributed by atoms with Crippen LogP contribution in [0.15, 0.2) is 20.1 Å². The minimum atomic E-state index is -3.52. The molecule has 4 heterocycles. The van der Waals surface area contributed by atoms with Crippen molar-refractivity contribution in [2.24, 2.45) is 0 Å². The Balaban J connectivity index is 1.49. The number of fused-ring (bicyclic) bond motifs is 1. The van der Waals surface area contributed by atoms with Crippen molar-refractivity contribution in [2.75, 3.05) is 18.5 Å². The van der Waals surface area contributed by atoms with E-state index in [1.165, 1.54) is 27.0 Å². The second kappa shape index (κ2) is 7.28. The minimum Gasteiger partial charge on any atom is -0.368 e. The predicted octanol–water partition coefficient (Wildman–Crippen LogP) is 2.83. The van der Waals surface area contributed by atoms with Gasteiger partial charge in [0.2, 0.25) is 0 Å². The molecule has 1 saturated heterocycles. The number of carbonyl (C=O) groups is 1. The molecule has 0 saturated carbocycles. The average molecular weight is 478 g/mol. The van der Waals surface area contributed by atoms with Crippen molar-refractivity contribution in [3.05, 3.63) is 26.5 Å². The number of carbonyl (C=O) groups excluding carboxylic acids is 1. The Kier molecular flexibility index (Phi) is 5.19. The number of thiophene rings is 1. The number of hydrogen-bond acceptors (Lipinski definition) is 7. The number of nitrogens with one attached hydrogen (secondary N) is 1. The maximum absolute atomic E-state index is 12.8. The molecule has 26 heavy (non-hydrogen) atoms. The molecule has 4 rings (SSSR count). The van der Waals surface area contributed by atoms with Gasteiger partial charge in [0.15, 0.2) is 5.13 Å². The fourth-order valence-electron chi connectivity index (χ4n) is 2.96. The van der Waals surface area contributed by atoms with Gasteiger partial charge in [-0.15, -0.1) is 22.7 Å². The molecule has 140 valence electrons. The number of rotatable bonds is 4. The van der Waals surface area contributed by atoms with Crippen LogP contribution in [-0.4, -0.2) is 42.9 Å². The Hall–Kier alpha value is -0.850. The predicted molar refractivity (Wildman–Crippen MR) is 103 cm³/mol. The van der Waals surface area contributed by atoms with Crippen molar-refractivity contribution in [3.63, 3.8) is 0 Å². The second-order valence-electron chi connectivity index (χ2n) is 6.03. The fourth-order valence-corrected chi connectivity index (χ4v) is 7.65. The van der Waals surface area contributed by atoms with Crippen LogP contribution >= 0.6 is 38.6 Å². The van der Waals surface area contributed by atoms with Gasteiger partial charge in [-0.3, -0.25) is 10.1 Å². The van der Waals surface area contributed by atoms with Crippen LogP contribution in [0, 0.1) is 0 Å². The molecule has 0 spiro atoms. The molecule has 1 unspecified atom stereocenters. The van der Waals surface area contributed by atoms with Crippen molar-refractivity contribution in [1.82, 2.24) is 9.29 Å². The van der Waals surface area contributed by atoms with E-state index in [0.29, 0.717) is 28.9 Å². The van der Waals surface area contributed by atoms with Crippen LogP contribution in [0.5, 0.6) is 0 Å². The maximum Gasteiger partial charge on any atom is 0.255 e. The Morgan fingerprint density at radius 2 is 2.23 bits per heavy atom. The molecule has 0 bridgehead atoms. The molecule has 2 aliphatic heterocycles. The molecule has 1 N–H and O–H groups in total. The summed E-state index contributed by atoms with van der Waals surface area (Å²) in [6, 6.07) is 3.35. The number of sulfonamides is 1. The van der Waals surface area contributed by atoms with Gasteiger partial charge in [-0.05, 0) is 40.9 Å². The quantitative estimate of drug-likeness (QED) is 0.730. The highest BCUT2D eigenvalue weighted by Gasteiger charge is 2.32. The van der Waals surface area contributed by atoms with Gasteiger partial charge in [0.1, 0.15) is 10.3 Å². The number of nitrogens with zero attached hydrogens (tertiary/aromatic N) is 2. The van der Waals surface area contributed by atoms with E-state index in [2.05, 4.69) is 26.2 Å². The largest absolute Gasteiger partial charge is 0.368 e. The van der Waals surface area contributed by atoms with Gasteiger partial charge in [-0.1, -0.05) is 0 Å². The summed E-state index contributed by atoms with van der Waals surface area (Å²) in [6.07, 6.45) is 1.73. The monoisotopic (exact) mass is 477 g/mol. The summed E-state index contributed by atoms with van der Waals surface area (Å²) in [5.74, 6) is -0.179. The zero-order valence-corrected chi connectivity index (χ0v) is 17.6. The SMILES string of the molecule is O=C(Nc1nc2c(s1)CN(S(=O)(=O)c1ccc(Br)s1)CC2)C1CCCO1. The summed E-state index contributed by atoms with van der Waals surface area (Å²) in [5.41, 5.74) is 0.858. The number of hydrogen-bond donors (Lipinski definition) is 1. The molecule has 2 aliphatic rings. The van der Waals surface area contributed by atoms with Crippen molar-refractivity contribution in [1.29, 1.82) is 0 Å². The lowest BCUT2D eigenvalue weighted by molar-refractivity contribution is -0.124. The zero-order chi connectivity index (χ0) is 18.3. The van der Waals surface area contributed by atoms with E-state index in [-0.39, 0.29) is 12.5 Å². The summed E-state index contributed by atoms with van der Waals surface area (Å²) in [5, 5.41) is 3.31. The van der Waals surface area contributed by atoms with Gasteiger partial charge in [0, 0.05) is 24.4 Å². The molecule has 11 heteroatoms. The minimum absolute atomic E-state index is 0.179. The highest BCUT2D eigenvalue weighted by atomic mass is 79.9. The first-order valence-corrected chi connectivity index (χ1v) is 12.0. The molecule has 0 aliphatic carbocycles. The van der Waals surface area contributed by atoms with Crippen LogP contribution in [0.2, 0.25) is 0 Å². The third kappa shape index (κ3) is 3.60. The summed E-state index contributed by atoms with van der Waals surface area (Å²) in [6.45, 7) is 1.27. The highest BCUT2D eigenvalue weighted by Crippen LogP contribution is 2.34.